The summed E-state index contributed by atoms with van der Waals surface area (Å²) in [6.45, 7) is 7.90. The molecule has 0 aliphatic heterocycles. The summed E-state index contributed by atoms with van der Waals surface area (Å²) in [6.07, 6.45) is 5.97. The number of benzene rings is 1. The zero-order valence-electron chi connectivity index (χ0n) is 23.4. The topological polar surface area (TPSA) is 141 Å². The Morgan fingerprint density at radius 3 is 2.51 bits per heavy atom. The van der Waals surface area contributed by atoms with Gasteiger partial charge >= 0.3 is 11.9 Å². The monoisotopic (exact) mass is 558 g/mol. The molecule has 4 heterocycles. The number of carbonyl (C=O) groups excluding carboxylic acids is 2. The van der Waals surface area contributed by atoms with Gasteiger partial charge in [-0.2, -0.15) is 15.1 Å². The fraction of sp³-hybridized carbons (Fsp3) is 0.321. The molecule has 0 N–H and O–H groups in total. The number of fused-ring (bicyclic) bond motifs is 1. The summed E-state index contributed by atoms with van der Waals surface area (Å²) in [5.41, 5.74) is 1.79. The second kappa shape index (κ2) is 11.2. The van der Waals surface area contributed by atoms with Crippen LogP contribution in [0.3, 0.4) is 0 Å². The highest BCUT2D eigenvalue weighted by atomic mass is 16.6. The van der Waals surface area contributed by atoms with Gasteiger partial charge < -0.3 is 23.3 Å². The first-order valence-electron chi connectivity index (χ1n) is 13.0. The van der Waals surface area contributed by atoms with E-state index in [0.29, 0.717) is 22.7 Å². The van der Waals surface area contributed by atoms with Gasteiger partial charge in [-0.25, -0.2) is 24.2 Å². The van der Waals surface area contributed by atoms with Gasteiger partial charge in [0.05, 0.1) is 37.4 Å². The first-order chi connectivity index (χ1) is 19.6. The molecule has 0 saturated carbocycles. The maximum absolute atomic E-state index is 12.7. The van der Waals surface area contributed by atoms with Gasteiger partial charge in [-0.1, -0.05) is 30.3 Å². The summed E-state index contributed by atoms with van der Waals surface area (Å²) in [5, 5.41) is 4.26. The molecule has 0 radical (unpaired) electrons. The van der Waals surface area contributed by atoms with Crippen molar-refractivity contribution in [3.63, 3.8) is 0 Å². The number of imidazole rings is 2. The Hall–Kier alpha value is -5.07. The van der Waals surface area contributed by atoms with Crippen molar-refractivity contribution in [2.45, 2.75) is 46.4 Å². The summed E-state index contributed by atoms with van der Waals surface area (Å²) in [7, 11) is 1.75. The maximum atomic E-state index is 12.7. The molecule has 0 unspecified atom stereocenters. The fourth-order valence-corrected chi connectivity index (χ4v) is 3.97. The molecule has 0 amide bonds. The van der Waals surface area contributed by atoms with E-state index in [2.05, 4.69) is 25.0 Å². The average Bonchev–Trinajstić information content (AvgIpc) is 3.67. The normalized spacial score (nSPS) is 11.5. The van der Waals surface area contributed by atoms with Crippen molar-refractivity contribution in [1.82, 2.24) is 38.9 Å². The zero-order chi connectivity index (χ0) is 29.1. The number of aromatic nitrogens is 8. The standard InChI is InChI=1S/C28H30N8O5/c1-6-39-25(37)19-12-31-36(14-19)27-32-23-22(24(33-27)40-16-18-10-8-7-9-11-18)30-17-35(23)15-21-29-13-20(34(21)5)26(38)41-28(2,3)4/h7-14,17H,6,15-16H2,1-5H3. The number of ether oxygens (including phenoxy) is 3. The third kappa shape index (κ3) is 6.08. The minimum absolute atomic E-state index is 0.173. The molecule has 0 spiro atoms. The minimum Gasteiger partial charge on any atom is -0.471 e. The van der Waals surface area contributed by atoms with E-state index in [0.717, 1.165) is 5.56 Å². The van der Waals surface area contributed by atoms with Gasteiger partial charge in [0.1, 0.15) is 23.7 Å². The highest BCUT2D eigenvalue weighted by Crippen LogP contribution is 2.24. The molecule has 212 valence electrons. The second-order valence-electron chi connectivity index (χ2n) is 10.2. The van der Waals surface area contributed by atoms with Gasteiger partial charge in [-0.15, -0.1) is 0 Å². The van der Waals surface area contributed by atoms with Crippen molar-refractivity contribution in [2.75, 3.05) is 6.61 Å². The number of esters is 2. The Balaban J connectivity index is 1.51. The SMILES string of the molecule is CCOC(=O)c1cnn(-c2nc(OCc3ccccc3)c3ncn(Cc4ncc(C(=O)OC(C)(C)C)n4C)c3n2)c1. The molecule has 0 bridgehead atoms. The van der Waals surface area contributed by atoms with Gasteiger partial charge in [0.2, 0.25) is 5.88 Å². The van der Waals surface area contributed by atoms with Gasteiger partial charge in [0.15, 0.2) is 11.2 Å². The van der Waals surface area contributed by atoms with Crippen molar-refractivity contribution in [1.29, 1.82) is 0 Å². The largest absolute Gasteiger partial charge is 0.471 e. The molecule has 0 saturated heterocycles. The van der Waals surface area contributed by atoms with Gasteiger partial charge in [-0.3, -0.25) is 0 Å². The van der Waals surface area contributed by atoms with Crippen LogP contribution in [-0.4, -0.2) is 63.0 Å². The molecule has 41 heavy (non-hydrogen) atoms. The van der Waals surface area contributed by atoms with E-state index in [-0.39, 0.29) is 37.2 Å². The summed E-state index contributed by atoms with van der Waals surface area (Å²) in [4.78, 5) is 43.1. The number of nitrogens with zero attached hydrogens (tertiary/aromatic N) is 8. The minimum atomic E-state index is -0.634. The quantitative estimate of drug-likeness (QED) is 0.247. The van der Waals surface area contributed by atoms with Crippen LogP contribution >= 0.6 is 0 Å². The lowest BCUT2D eigenvalue weighted by Crippen LogP contribution is -2.25. The molecule has 0 fully saturated rings. The van der Waals surface area contributed by atoms with E-state index in [9.17, 15) is 9.59 Å². The molecule has 5 aromatic rings. The zero-order valence-corrected chi connectivity index (χ0v) is 23.4. The van der Waals surface area contributed by atoms with Crippen LogP contribution in [0, 0.1) is 0 Å². The van der Waals surface area contributed by atoms with Crippen molar-refractivity contribution in [3.8, 4) is 11.8 Å². The summed E-state index contributed by atoms with van der Waals surface area (Å²) in [5.74, 6) is 0.0375. The van der Waals surface area contributed by atoms with Crippen LogP contribution in [0.25, 0.3) is 17.1 Å². The molecule has 13 heteroatoms. The van der Waals surface area contributed by atoms with Crippen molar-refractivity contribution in [3.05, 3.63) is 77.9 Å². The van der Waals surface area contributed by atoms with Crippen LogP contribution in [0.4, 0.5) is 0 Å². The van der Waals surface area contributed by atoms with Crippen LogP contribution in [0.5, 0.6) is 5.88 Å². The van der Waals surface area contributed by atoms with Crippen molar-refractivity contribution in [2.24, 2.45) is 7.05 Å². The van der Waals surface area contributed by atoms with Gasteiger partial charge in [-0.05, 0) is 33.3 Å². The second-order valence-corrected chi connectivity index (χ2v) is 10.2. The Morgan fingerprint density at radius 1 is 1.00 bits per heavy atom. The number of hydrogen-bond acceptors (Lipinski definition) is 10. The summed E-state index contributed by atoms with van der Waals surface area (Å²) in [6, 6.07) is 9.67. The Morgan fingerprint density at radius 2 is 1.78 bits per heavy atom. The van der Waals surface area contributed by atoms with E-state index in [1.54, 1.807) is 29.4 Å². The predicted molar refractivity (Wildman–Crippen MR) is 147 cm³/mol. The fourth-order valence-electron chi connectivity index (χ4n) is 3.97. The molecular weight excluding hydrogens is 528 g/mol. The molecule has 0 aliphatic rings. The molecule has 4 aromatic heterocycles. The molecular formula is C28H30N8O5. The third-order valence-corrected chi connectivity index (χ3v) is 5.94. The lowest BCUT2D eigenvalue weighted by molar-refractivity contribution is 0.00583. The lowest BCUT2D eigenvalue weighted by Gasteiger charge is -2.19. The van der Waals surface area contributed by atoms with Crippen LogP contribution in [0.1, 0.15) is 59.9 Å². The highest BCUT2D eigenvalue weighted by Gasteiger charge is 2.23. The molecule has 0 aliphatic carbocycles. The molecule has 1 aromatic carbocycles. The van der Waals surface area contributed by atoms with E-state index in [4.69, 9.17) is 14.2 Å². The molecule has 13 nitrogen and oxygen atoms in total. The van der Waals surface area contributed by atoms with E-state index in [1.807, 2.05) is 51.1 Å². The third-order valence-electron chi connectivity index (χ3n) is 5.94. The molecule has 0 atom stereocenters. The summed E-state index contributed by atoms with van der Waals surface area (Å²) < 4.78 is 21.5. The van der Waals surface area contributed by atoms with Crippen LogP contribution in [0.2, 0.25) is 0 Å². The first-order valence-corrected chi connectivity index (χ1v) is 13.0. The van der Waals surface area contributed by atoms with Crippen LogP contribution in [-0.2, 0) is 29.7 Å². The number of carbonyl (C=O) groups is 2. The van der Waals surface area contributed by atoms with E-state index in [1.165, 1.54) is 23.3 Å². The van der Waals surface area contributed by atoms with Gasteiger partial charge in [0, 0.05) is 13.2 Å². The molecule has 5 rings (SSSR count). The maximum Gasteiger partial charge on any atom is 0.357 e. The Bertz CT molecular complexity index is 1700. The van der Waals surface area contributed by atoms with E-state index >= 15 is 0 Å². The predicted octanol–water partition coefficient (Wildman–Crippen LogP) is 3.50. The van der Waals surface area contributed by atoms with Crippen molar-refractivity contribution >= 4 is 23.1 Å². The first kappa shape index (κ1) is 27.5. The smallest absolute Gasteiger partial charge is 0.357 e. The highest BCUT2D eigenvalue weighted by molar-refractivity contribution is 5.89. The lowest BCUT2D eigenvalue weighted by atomic mass is 10.2. The summed E-state index contributed by atoms with van der Waals surface area (Å²) >= 11 is 0. The Kier molecular flexibility index (Phi) is 7.51. The van der Waals surface area contributed by atoms with Crippen LogP contribution < -0.4 is 4.74 Å². The number of rotatable bonds is 9. The van der Waals surface area contributed by atoms with Crippen molar-refractivity contribution < 1.29 is 23.8 Å². The Labute approximate surface area is 235 Å². The average molecular weight is 559 g/mol. The van der Waals surface area contributed by atoms with Gasteiger partial charge in [0.25, 0.3) is 5.95 Å². The number of hydrogen-bond donors (Lipinski definition) is 0. The van der Waals surface area contributed by atoms with Crippen LogP contribution in [0.15, 0.2) is 55.2 Å². The van der Waals surface area contributed by atoms with E-state index < -0.39 is 17.5 Å².